The lowest BCUT2D eigenvalue weighted by molar-refractivity contribution is -0.120. The fourth-order valence-corrected chi connectivity index (χ4v) is 4.50. The predicted octanol–water partition coefficient (Wildman–Crippen LogP) is 3.50. The molecule has 2 unspecified atom stereocenters. The zero-order valence-electron chi connectivity index (χ0n) is 15.7. The minimum atomic E-state index is -0.274. The Morgan fingerprint density at radius 1 is 1.33 bits per heavy atom. The second kappa shape index (κ2) is 8.22. The lowest BCUT2D eigenvalue weighted by Gasteiger charge is -2.16. The number of aromatic amines is 1. The molecular weight excluding hydrogens is 380 g/mol. The number of fused-ring (bicyclic) bond motifs is 1. The van der Waals surface area contributed by atoms with E-state index in [1.165, 1.54) is 23.1 Å². The summed E-state index contributed by atoms with van der Waals surface area (Å²) in [5, 5.41) is 3.37. The molecule has 3 heterocycles. The number of H-pyrrole nitrogens is 1. The molecule has 0 aliphatic carbocycles. The zero-order valence-corrected chi connectivity index (χ0v) is 17.3. The van der Waals surface area contributed by atoms with Gasteiger partial charge in [0, 0.05) is 11.1 Å². The number of thiophene rings is 1. The van der Waals surface area contributed by atoms with Crippen molar-refractivity contribution in [2.75, 3.05) is 0 Å². The first-order chi connectivity index (χ1) is 12.9. The molecule has 0 fully saturated rings. The topological polar surface area (TPSA) is 87.7 Å². The number of nitrogens with zero attached hydrogens (tertiary/aromatic N) is 2. The second-order valence-electron chi connectivity index (χ2n) is 6.41. The zero-order chi connectivity index (χ0) is 19.6. The van der Waals surface area contributed by atoms with Crippen LogP contribution in [-0.4, -0.2) is 26.1 Å². The van der Waals surface area contributed by atoms with Crippen LogP contribution >= 0.6 is 23.1 Å². The van der Waals surface area contributed by atoms with Crippen LogP contribution in [-0.2, 0) is 10.5 Å². The molecule has 0 radical (unpaired) electrons. The van der Waals surface area contributed by atoms with E-state index in [-0.39, 0.29) is 22.8 Å². The average Bonchev–Trinajstić information content (AvgIpc) is 2.94. The maximum atomic E-state index is 12.4. The van der Waals surface area contributed by atoms with Crippen LogP contribution in [0.15, 0.2) is 29.2 Å². The molecule has 0 aliphatic rings. The van der Waals surface area contributed by atoms with E-state index in [2.05, 4.69) is 20.3 Å². The normalized spacial score (nSPS) is 13.5. The van der Waals surface area contributed by atoms with Gasteiger partial charge in [-0.1, -0.05) is 6.07 Å². The van der Waals surface area contributed by atoms with E-state index in [1.807, 2.05) is 45.9 Å². The molecule has 0 bridgehead atoms. The maximum Gasteiger partial charge on any atom is 0.259 e. The van der Waals surface area contributed by atoms with Crippen LogP contribution in [0.25, 0.3) is 10.2 Å². The molecule has 2 N–H and O–H groups in total. The Hall–Kier alpha value is -2.19. The summed E-state index contributed by atoms with van der Waals surface area (Å²) in [4.78, 5) is 38.3. The average molecular weight is 403 g/mol. The fourth-order valence-electron chi connectivity index (χ4n) is 2.68. The van der Waals surface area contributed by atoms with Crippen LogP contribution < -0.4 is 10.9 Å². The van der Waals surface area contributed by atoms with Crippen molar-refractivity contribution in [3.8, 4) is 0 Å². The Labute approximate surface area is 165 Å². The number of rotatable bonds is 6. The second-order valence-corrected chi connectivity index (χ2v) is 8.95. The highest BCUT2D eigenvalue weighted by Gasteiger charge is 2.18. The van der Waals surface area contributed by atoms with Gasteiger partial charge in [0.15, 0.2) is 0 Å². The highest BCUT2D eigenvalue weighted by atomic mass is 32.2. The Balaban J connectivity index is 1.63. The van der Waals surface area contributed by atoms with Crippen LogP contribution in [0.5, 0.6) is 0 Å². The molecule has 0 spiro atoms. The molecule has 0 aliphatic heterocycles. The molecular formula is C19H22N4O2S2. The molecule has 27 heavy (non-hydrogen) atoms. The summed E-state index contributed by atoms with van der Waals surface area (Å²) in [6.07, 6.45) is 1.71. The summed E-state index contributed by atoms with van der Waals surface area (Å²) < 4.78 is 0. The van der Waals surface area contributed by atoms with E-state index in [1.54, 1.807) is 6.20 Å². The lowest BCUT2D eigenvalue weighted by Crippen LogP contribution is -2.33. The molecule has 0 saturated heterocycles. The van der Waals surface area contributed by atoms with Crippen molar-refractivity contribution in [1.29, 1.82) is 0 Å². The number of carbonyl (C=O) groups is 1. The van der Waals surface area contributed by atoms with Crippen LogP contribution in [0.2, 0.25) is 0 Å². The third kappa shape index (κ3) is 4.39. The number of amides is 1. The number of aryl methyl sites for hydroxylation is 2. The summed E-state index contributed by atoms with van der Waals surface area (Å²) in [7, 11) is 0. The smallest absolute Gasteiger partial charge is 0.259 e. The molecule has 1 amide bonds. The van der Waals surface area contributed by atoms with E-state index in [4.69, 9.17) is 0 Å². The third-order valence-electron chi connectivity index (χ3n) is 4.42. The SMILES string of the molecule is Cc1sc2nc(CSC(C)C(=O)NC(C)c3ccccn3)[nH]c(=O)c2c1C. The van der Waals surface area contributed by atoms with Gasteiger partial charge >= 0.3 is 0 Å². The number of hydrogen-bond donors (Lipinski definition) is 2. The number of carbonyl (C=O) groups excluding carboxylic acids is 1. The van der Waals surface area contributed by atoms with Gasteiger partial charge in [0.1, 0.15) is 10.7 Å². The first-order valence-electron chi connectivity index (χ1n) is 8.68. The van der Waals surface area contributed by atoms with Gasteiger partial charge in [-0.3, -0.25) is 14.6 Å². The van der Waals surface area contributed by atoms with Gasteiger partial charge in [0.25, 0.3) is 5.56 Å². The minimum Gasteiger partial charge on any atom is -0.347 e. The van der Waals surface area contributed by atoms with Gasteiger partial charge in [-0.2, -0.15) is 0 Å². The maximum absolute atomic E-state index is 12.4. The molecule has 142 valence electrons. The molecule has 3 rings (SSSR count). The van der Waals surface area contributed by atoms with Crippen molar-refractivity contribution in [3.05, 3.63) is 56.7 Å². The number of hydrogen-bond acceptors (Lipinski definition) is 6. The predicted molar refractivity (Wildman–Crippen MR) is 111 cm³/mol. The van der Waals surface area contributed by atoms with Gasteiger partial charge in [-0.15, -0.1) is 23.1 Å². The van der Waals surface area contributed by atoms with Gasteiger partial charge < -0.3 is 10.3 Å². The van der Waals surface area contributed by atoms with E-state index in [9.17, 15) is 9.59 Å². The number of thioether (sulfide) groups is 1. The van der Waals surface area contributed by atoms with Crippen LogP contribution in [0.3, 0.4) is 0 Å². The molecule has 6 nitrogen and oxygen atoms in total. The summed E-state index contributed by atoms with van der Waals surface area (Å²) in [6.45, 7) is 7.69. The van der Waals surface area contributed by atoms with Gasteiger partial charge in [0.2, 0.25) is 5.91 Å². The van der Waals surface area contributed by atoms with Crippen molar-refractivity contribution >= 4 is 39.2 Å². The molecule has 0 saturated carbocycles. The lowest BCUT2D eigenvalue weighted by atomic mass is 10.2. The third-order valence-corrected chi connectivity index (χ3v) is 6.67. The Bertz CT molecular complexity index is 1010. The first-order valence-corrected chi connectivity index (χ1v) is 10.5. The number of nitrogens with one attached hydrogen (secondary N) is 2. The van der Waals surface area contributed by atoms with Crippen molar-refractivity contribution < 1.29 is 4.79 Å². The van der Waals surface area contributed by atoms with E-state index >= 15 is 0 Å². The van der Waals surface area contributed by atoms with Gasteiger partial charge in [-0.05, 0) is 45.4 Å². The molecule has 3 aromatic heterocycles. The summed E-state index contributed by atoms with van der Waals surface area (Å²) in [6, 6.07) is 5.47. The monoisotopic (exact) mass is 402 g/mol. The Morgan fingerprint density at radius 3 is 2.81 bits per heavy atom. The van der Waals surface area contributed by atoms with Gasteiger partial charge in [-0.25, -0.2) is 4.98 Å². The largest absolute Gasteiger partial charge is 0.347 e. The van der Waals surface area contributed by atoms with Crippen molar-refractivity contribution in [2.24, 2.45) is 0 Å². The fraction of sp³-hybridized carbons (Fsp3) is 0.368. The Kier molecular flexibility index (Phi) is 5.96. The molecule has 8 heteroatoms. The van der Waals surface area contributed by atoms with Crippen LogP contribution in [0.4, 0.5) is 0 Å². The molecule has 3 aromatic rings. The van der Waals surface area contributed by atoms with E-state index < -0.39 is 0 Å². The standard InChI is InChI=1S/C19H22N4O2S2/c1-10-12(3)27-19-16(10)18(25)22-15(23-19)9-26-13(4)17(24)21-11(2)14-7-5-6-8-20-14/h5-8,11,13H,9H2,1-4H3,(H,21,24)(H,22,23,25). The van der Waals surface area contributed by atoms with Crippen molar-refractivity contribution in [3.63, 3.8) is 0 Å². The quantitative estimate of drug-likeness (QED) is 0.659. The summed E-state index contributed by atoms with van der Waals surface area (Å²) >= 11 is 2.97. The van der Waals surface area contributed by atoms with E-state index in [0.717, 1.165) is 21.0 Å². The van der Waals surface area contributed by atoms with Crippen molar-refractivity contribution in [2.45, 2.75) is 44.7 Å². The van der Waals surface area contributed by atoms with Crippen LogP contribution in [0.1, 0.15) is 41.8 Å². The molecule has 2 atom stereocenters. The molecule has 0 aromatic carbocycles. The number of aromatic nitrogens is 3. The minimum absolute atomic E-state index is 0.0654. The summed E-state index contributed by atoms with van der Waals surface area (Å²) in [5.74, 6) is 0.994. The Morgan fingerprint density at radius 2 is 2.11 bits per heavy atom. The van der Waals surface area contributed by atoms with E-state index in [0.29, 0.717) is 17.0 Å². The summed E-state index contributed by atoms with van der Waals surface area (Å²) in [5.41, 5.74) is 1.69. The first kappa shape index (κ1) is 19.6. The van der Waals surface area contributed by atoms with Crippen LogP contribution in [0, 0.1) is 13.8 Å². The van der Waals surface area contributed by atoms with Crippen molar-refractivity contribution in [1.82, 2.24) is 20.3 Å². The number of pyridine rings is 1. The van der Waals surface area contributed by atoms with Gasteiger partial charge in [0.05, 0.1) is 28.1 Å². The highest BCUT2D eigenvalue weighted by molar-refractivity contribution is 7.99. The highest BCUT2D eigenvalue weighted by Crippen LogP contribution is 2.26.